The van der Waals surface area contributed by atoms with Crippen LogP contribution in [0.15, 0.2) is 58.1 Å². The minimum absolute atomic E-state index is 0.278. The first-order valence-electron chi connectivity index (χ1n) is 7.97. The summed E-state index contributed by atoms with van der Waals surface area (Å²) in [6.07, 6.45) is 3.31. The molecule has 0 saturated carbocycles. The average molecular weight is 395 g/mol. The van der Waals surface area contributed by atoms with Crippen LogP contribution in [-0.2, 0) is 12.8 Å². The highest BCUT2D eigenvalue weighted by molar-refractivity contribution is 9.10. The molecular formula is C19H15BrN4O. The summed E-state index contributed by atoms with van der Waals surface area (Å²) in [6.45, 7) is 0. The number of halogens is 1. The van der Waals surface area contributed by atoms with Gasteiger partial charge in [-0.25, -0.2) is 5.43 Å². The van der Waals surface area contributed by atoms with Gasteiger partial charge >= 0.3 is 0 Å². The first-order chi connectivity index (χ1) is 12.2. The van der Waals surface area contributed by atoms with Crippen molar-refractivity contribution in [1.82, 2.24) is 15.6 Å². The topological polar surface area (TPSA) is 70.1 Å². The second-order valence-corrected chi connectivity index (χ2v) is 6.75. The lowest BCUT2D eigenvalue weighted by Crippen LogP contribution is -2.20. The fourth-order valence-electron chi connectivity index (χ4n) is 3.06. The number of aryl methyl sites for hydroxylation is 1. The van der Waals surface area contributed by atoms with E-state index in [-0.39, 0.29) is 5.91 Å². The Morgan fingerprint density at radius 1 is 1.20 bits per heavy atom. The highest BCUT2D eigenvalue weighted by atomic mass is 79.9. The van der Waals surface area contributed by atoms with Crippen LogP contribution in [0, 0.1) is 0 Å². The van der Waals surface area contributed by atoms with E-state index in [1.165, 1.54) is 5.56 Å². The number of hydrogen-bond acceptors (Lipinski definition) is 3. The van der Waals surface area contributed by atoms with Crippen LogP contribution >= 0.6 is 15.9 Å². The van der Waals surface area contributed by atoms with Gasteiger partial charge in [-0.05, 0) is 36.1 Å². The molecule has 1 amide bonds. The number of carbonyl (C=O) groups excluding carboxylic acids is 1. The van der Waals surface area contributed by atoms with Gasteiger partial charge in [0.15, 0.2) is 0 Å². The van der Waals surface area contributed by atoms with E-state index in [2.05, 4.69) is 42.7 Å². The Kier molecular flexibility index (Phi) is 4.19. The fourth-order valence-corrected chi connectivity index (χ4v) is 3.47. The fraction of sp³-hybridized carbons (Fsp3) is 0.105. The molecule has 1 aliphatic rings. The van der Waals surface area contributed by atoms with Crippen LogP contribution in [0.25, 0.3) is 11.3 Å². The molecule has 124 valence electrons. The second kappa shape index (κ2) is 6.64. The van der Waals surface area contributed by atoms with Crippen molar-refractivity contribution in [3.63, 3.8) is 0 Å². The van der Waals surface area contributed by atoms with Crippen LogP contribution in [0.5, 0.6) is 0 Å². The van der Waals surface area contributed by atoms with Gasteiger partial charge in [-0.1, -0.05) is 52.3 Å². The number of hydrazone groups is 1. The minimum Gasteiger partial charge on any atom is -0.272 e. The van der Waals surface area contributed by atoms with Gasteiger partial charge < -0.3 is 0 Å². The number of aromatic amines is 1. The van der Waals surface area contributed by atoms with E-state index in [0.29, 0.717) is 5.69 Å². The van der Waals surface area contributed by atoms with E-state index in [1.54, 1.807) is 6.21 Å². The second-order valence-electron chi connectivity index (χ2n) is 5.84. The van der Waals surface area contributed by atoms with E-state index in [4.69, 9.17) is 0 Å². The molecule has 0 saturated heterocycles. The van der Waals surface area contributed by atoms with Gasteiger partial charge in [0, 0.05) is 15.6 Å². The number of amides is 1. The molecule has 0 atom stereocenters. The smallest absolute Gasteiger partial charge is 0.272 e. The molecule has 0 fully saturated rings. The summed E-state index contributed by atoms with van der Waals surface area (Å²) < 4.78 is 0.962. The summed E-state index contributed by atoms with van der Waals surface area (Å²) >= 11 is 3.41. The molecule has 2 aromatic carbocycles. The Morgan fingerprint density at radius 2 is 2.08 bits per heavy atom. The summed E-state index contributed by atoms with van der Waals surface area (Å²) in [5.41, 5.74) is 8.13. The van der Waals surface area contributed by atoms with E-state index < -0.39 is 0 Å². The highest BCUT2D eigenvalue weighted by Gasteiger charge is 2.24. The Labute approximate surface area is 153 Å². The molecule has 3 aromatic rings. The summed E-state index contributed by atoms with van der Waals surface area (Å²) in [4.78, 5) is 12.4. The van der Waals surface area contributed by atoms with Crippen molar-refractivity contribution < 1.29 is 4.79 Å². The molecule has 0 bridgehead atoms. The van der Waals surface area contributed by atoms with Crippen molar-refractivity contribution in [1.29, 1.82) is 0 Å². The zero-order valence-electron chi connectivity index (χ0n) is 13.3. The van der Waals surface area contributed by atoms with Gasteiger partial charge in [-0.2, -0.15) is 10.2 Å². The predicted molar refractivity (Wildman–Crippen MR) is 101 cm³/mol. The SMILES string of the molecule is O=C(NN=Cc1cccc(Br)c1)c1[nH]nc2c1CCc1ccccc1-2. The molecule has 0 aliphatic heterocycles. The van der Waals surface area contributed by atoms with Gasteiger partial charge in [-0.15, -0.1) is 0 Å². The zero-order chi connectivity index (χ0) is 17.2. The number of nitrogens with one attached hydrogen (secondary N) is 2. The predicted octanol–water partition coefficient (Wildman–Crippen LogP) is 3.70. The van der Waals surface area contributed by atoms with Gasteiger partial charge in [0.2, 0.25) is 0 Å². The van der Waals surface area contributed by atoms with Gasteiger partial charge in [0.1, 0.15) is 5.69 Å². The largest absolute Gasteiger partial charge is 0.289 e. The first-order valence-corrected chi connectivity index (χ1v) is 8.76. The molecule has 4 rings (SSSR count). The number of carbonyl (C=O) groups is 1. The van der Waals surface area contributed by atoms with E-state index in [0.717, 1.165) is 39.7 Å². The maximum atomic E-state index is 12.4. The maximum Gasteiger partial charge on any atom is 0.289 e. The molecule has 5 nitrogen and oxygen atoms in total. The zero-order valence-corrected chi connectivity index (χ0v) is 14.9. The number of hydrogen-bond donors (Lipinski definition) is 2. The maximum absolute atomic E-state index is 12.4. The number of fused-ring (bicyclic) bond motifs is 3. The van der Waals surface area contributed by atoms with Crippen LogP contribution in [0.3, 0.4) is 0 Å². The molecule has 0 radical (unpaired) electrons. The molecular weight excluding hydrogens is 380 g/mol. The normalized spacial score (nSPS) is 12.7. The van der Waals surface area contributed by atoms with Gasteiger partial charge in [-0.3, -0.25) is 9.89 Å². The molecule has 6 heteroatoms. The number of rotatable bonds is 3. The van der Waals surface area contributed by atoms with Crippen LogP contribution in [0.1, 0.15) is 27.2 Å². The van der Waals surface area contributed by atoms with Gasteiger partial charge in [0.05, 0.1) is 11.9 Å². The molecule has 0 spiro atoms. The average Bonchev–Trinajstić information content (AvgIpc) is 3.06. The Bertz CT molecular complexity index is 977. The molecule has 1 aromatic heterocycles. The van der Waals surface area contributed by atoms with Crippen LogP contribution in [-0.4, -0.2) is 22.3 Å². The molecule has 1 aliphatic carbocycles. The Hall–Kier alpha value is -2.73. The van der Waals surface area contributed by atoms with Crippen molar-refractivity contribution in [2.75, 3.05) is 0 Å². The quantitative estimate of drug-likeness (QED) is 0.525. The minimum atomic E-state index is -0.278. The van der Waals surface area contributed by atoms with E-state index in [9.17, 15) is 4.79 Å². The van der Waals surface area contributed by atoms with Crippen molar-refractivity contribution in [3.8, 4) is 11.3 Å². The Balaban J connectivity index is 1.54. The number of H-pyrrole nitrogens is 1. The number of benzene rings is 2. The van der Waals surface area contributed by atoms with Crippen LogP contribution in [0.4, 0.5) is 0 Å². The molecule has 0 unspecified atom stereocenters. The molecule has 1 heterocycles. The lowest BCUT2D eigenvalue weighted by molar-refractivity contribution is 0.0949. The third-order valence-corrected chi connectivity index (χ3v) is 4.73. The van der Waals surface area contributed by atoms with Crippen LogP contribution < -0.4 is 5.43 Å². The molecule has 25 heavy (non-hydrogen) atoms. The van der Waals surface area contributed by atoms with Crippen molar-refractivity contribution in [2.45, 2.75) is 12.8 Å². The lowest BCUT2D eigenvalue weighted by Gasteiger charge is -2.15. The summed E-state index contributed by atoms with van der Waals surface area (Å²) in [5, 5.41) is 11.3. The van der Waals surface area contributed by atoms with Crippen LogP contribution in [0.2, 0.25) is 0 Å². The van der Waals surface area contributed by atoms with Crippen molar-refractivity contribution in [2.24, 2.45) is 5.10 Å². The monoisotopic (exact) mass is 394 g/mol. The Morgan fingerprint density at radius 3 is 2.96 bits per heavy atom. The highest BCUT2D eigenvalue weighted by Crippen LogP contribution is 2.33. The van der Waals surface area contributed by atoms with Crippen molar-refractivity contribution >= 4 is 28.1 Å². The lowest BCUT2D eigenvalue weighted by atomic mass is 9.89. The summed E-state index contributed by atoms with van der Waals surface area (Å²) in [5.74, 6) is -0.278. The van der Waals surface area contributed by atoms with Gasteiger partial charge in [0.25, 0.3) is 5.91 Å². The van der Waals surface area contributed by atoms with E-state index >= 15 is 0 Å². The number of nitrogens with zero attached hydrogens (tertiary/aromatic N) is 2. The van der Waals surface area contributed by atoms with Crippen molar-refractivity contribution in [3.05, 3.63) is 75.4 Å². The summed E-state index contributed by atoms with van der Waals surface area (Å²) in [7, 11) is 0. The van der Waals surface area contributed by atoms with E-state index in [1.807, 2.05) is 42.5 Å². The molecule has 2 N–H and O–H groups in total. The standard InChI is InChI=1S/C19H15BrN4O/c20-14-6-3-4-12(10-14)11-21-24-19(25)18-16-9-8-13-5-1-2-7-15(13)17(16)22-23-18/h1-7,10-11H,8-9H2,(H,22,23)(H,24,25). The third-order valence-electron chi connectivity index (χ3n) is 4.24. The third kappa shape index (κ3) is 3.13. The number of aromatic nitrogens is 2. The summed E-state index contributed by atoms with van der Waals surface area (Å²) in [6, 6.07) is 15.8. The first kappa shape index (κ1) is 15.8.